The monoisotopic (exact) mass is 571 g/mol. The quantitative estimate of drug-likeness (QED) is 0.0637. The molecule has 41 heavy (non-hydrogen) atoms. The third-order valence-electron chi connectivity index (χ3n) is 6.06. The molecule has 0 spiro atoms. The average Bonchev–Trinajstić information content (AvgIpc) is 2.99. The van der Waals surface area contributed by atoms with Crippen LogP contribution in [0.2, 0.25) is 5.02 Å². The topological polar surface area (TPSA) is 136 Å². The van der Waals surface area contributed by atoms with Crippen LogP contribution in [0.1, 0.15) is 5.56 Å². The number of amidine groups is 1. The highest BCUT2D eigenvalue weighted by molar-refractivity contribution is 6.32. The number of ether oxygens (including phenoxy) is 2. The predicted octanol–water partition coefficient (Wildman–Crippen LogP) is 5.97. The van der Waals surface area contributed by atoms with Gasteiger partial charge in [-0.15, -0.1) is 0 Å². The van der Waals surface area contributed by atoms with Crippen LogP contribution in [0.4, 0.5) is 5.69 Å². The Labute approximate surface area is 243 Å². The van der Waals surface area contributed by atoms with Crippen molar-refractivity contribution in [3.05, 3.63) is 114 Å². The summed E-state index contributed by atoms with van der Waals surface area (Å²) >= 11 is 6.26. The third kappa shape index (κ3) is 9.13. The highest BCUT2D eigenvalue weighted by atomic mass is 35.5. The average molecular weight is 572 g/mol. The summed E-state index contributed by atoms with van der Waals surface area (Å²) < 4.78 is 11.8. The second kappa shape index (κ2) is 15.1. The molecule has 0 aliphatic carbocycles. The van der Waals surface area contributed by atoms with Crippen molar-refractivity contribution in [3.63, 3.8) is 0 Å². The Morgan fingerprint density at radius 3 is 2.41 bits per heavy atom. The van der Waals surface area contributed by atoms with E-state index in [1.54, 1.807) is 65.8 Å². The Morgan fingerprint density at radius 1 is 0.976 bits per heavy atom. The van der Waals surface area contributed by atoms with Crippen LogP contribution in [0, 0.1) is 10.9 Å². The van der Waals surface area contributed by atoms with Gasteiger partial charge in [0.05, 0.1) is 11.6 Å². The molecule has 0 aliphatic heterocycles. The molecular formula is C30H30ClN7O3. The van der Waals surface area contributed by atoms with Gasteiger partial charge in [-0.3, -0.25) is 20.1 Å². The lowest BCUT2D eigenvalue weighted by Gasteiger charge is -2.31. The van der Waals surface area contributed by atoms with Crippen LogP contribution in [0.5, 0.6) is 17.2 Å². The maximum atomic E-state index is 13.2. The first-order valence-corrected chi connectivity index (χ1v) is 13.2. The molecule has 1 heterocycles. The third-order valence-corrected chi connectivity index (χ3v) is 6.37. The van der Waals surface area contributed by atoms with E-state index in [0.717, 1.165) is 5.56 Å². The molecule has 1 atom stereocenters. The van der Waals surface area contributed by atoms with Crippen molar-refractivity contribution in [2.45, 2.75) is 12.5 Å². The number of benzene rings is 3. The second-order valence-electron chi connectivity index (χ2n) is 8.96. The van der Waals surface area contributed by atoms with E-state index >= 15 is 0 Å². The second-order valence-corrected chi connectivity index (χ2v) is 9.37. The minimum atomic E-state index is -0.732. The molecule has 1 unspecified atom stereocenters. The molecule has 10 nitrogen and oxygen atoms in total. The zero-order valence-corrected chi connectivity index (χ0v) is 22.9. The molecule has 4 rings (SSSR count). The minimum Gasteiger partial charge on any atom is -0.490 e. The van der Waals surface area contributed by atoms with Crippen molar-refractivity contribution >= 4 is 29.0 Å². The normalized spacial score (nSPS) is 11.4. The van der Waals surface area contributed by atoms with Gasteiger partial charge in [0.25, 0.3) is 0 Å². The largest absolute Gasteiger partial charge is 0.490 e. The number of nitrogens with one attached hydrogen (secondary N) is 4. The molecule has 0 aliphatic rings. The van der Waals surface area contributed by atoms with Crippen LogP contribution in [0.15, 0.2) is 109 Å². The van der Waals surface area contributed by atoms with Gasteiger partial charge in [-0.1, -0.05) is 53.2 Å². The first-order valence-electron chi connectivity index (χ1n) is 12.9. The number of aromatic nitrogens is 1. The number of amides is 1. The fourth-order valence-electron chi connectivity index (χ4n) is 4.02. The lowest BCUT2D eigenvalue weighted by atomic mass is 10.1. The van der Waals surface area contributed by atoms with Crippen LogP contribution in [-0.2, 0) is 11.2 Å². The lowest BCUT2D eigenvalue weighted by Crippen LogP contribution is -2.52. The molecule has 1 aromatic heterocycles. The summed E-state index contributed by atoms with van der Waals surface area (Å²) in [7, 11) is 0. The number of anilines is 1. The van der Waals surface area contributed by atoms with E-state index in [4.69, 9.17) is 32.0 Å². The summed E-state index contributed by atoms with van der Waals surface area (Å²) in [5, 5.41) is 15.0. The van der Waals surface area contributed by atoms with Crippen molar-refractivity contribution in [2.24, 2.45) is 5.22 Å². The van der Waals surface area contributed by atoms with Gasteiger partial charge in [0, 0.05) is 24.6 Å². The highest BCUT2D eigenvalue weighted by Crippen LogP contribution is 2.24. The lowest BCUT2D eigenvalue weighted by molar-refractivity contribution is -0.117. The predicted molar refractivity (Wildman–Crippen MR) is 158 cm³/mol. The number of rotatable bonds is 14. The zero-order chi connectivity index (χ0) is 28.9. The van der Waals surface area contributed by atoms with E-state index in [2.05, 4.69) is 20.9 Å². The minimum absolute atomic E-state index is 0.00305. The van der Waals surface area contributed by atoms with Crippen LogP contribution >= 0.6 is 11.6 Å². The van der Waals surface area contributed by atoms with Crippen molar-refractivity contribution in [1.29, 1.82) is 10.9 Å². The number of nitrogens with zero attached hydrogens (tertiary/aromatic N) is 3. The summed E-state index contributed by atoms with van der Waals surface area (Å²) in [4.78, 5) is 19.2. The van der Waals surface area contributed by atoms with E-state index in [1.807, 2.05) is 42.5 Å². The summed E-state index contributed by atoms with van der Waals surface area (Å²) in [5.74, 6) is 1.43. The Morgan fingerprint density at radius 2 is 1.71 bits per heavy atom. The van der Waals surface area contributed by atoms with E-state index in [0.29, 0.717) is 40.9 Å². The Balaban J connectivity index is 1.47. The fraction of sp³-hybridized carbons (Fsp3) is 0.167. The molecule has 3 aromatic carbocycles. The molecule has 0 bridgehead atoms. The molecule has 0 saturated heterocycles. The highest BCUT2D eigenvalue weighted by Gasteiger charge is 2.27. The molecule has 4 N–H and O–H groups in total. The van der Waals surface area contributed by atoms with Gasteiger partial charge in [0.1, 0.15) is 35.7 Å². The molecule has 0 saturated carbocycles. The first kappa shape index (κ1) is 29.2. The fourth-order valence-corrected chi connectivity index (χ4v) is 4.21. The molecule has 4 aromatic rings. The van der Waals surface area contributed by atoms with Crippen LogP contribution < -0.4 is 20.2 Å². The Kier molecular flexibility index (Phi) is 10.8. The summed E-state index contributed by atoms with van der Waals surface area (Å²) in [6, 6.07) is 26.6. The number of halogens is 1. The Bertz CT molecular complexity index is 1420. The van der Waals surface area contributed by atoms with Gasteiger partial charge in [-0.05, 0) is 66.6 Å². The first-order chi connectivity index (χ1) is 20.0. The molecule has 11 heteroatoms. The smallest absolute Gasteiger partial charge is 0.238 e. The number of carbonyl (C=O) groups excluding carboxylic acids is 1. The van der Waals surface area contributed by atoms with Gasteiger partial charge in [-0.25, -0.2) is 5.43 Å². The summed E-state index contributed by atoms with van der Waals surface area (Å²) in [5.41, 5.74) is 11.2. The van der Waals surface area contributed by atoms with Crippen molar-refractivity contribution < 1.29 is 14.3 Å². The maximum absolute atomic E-state index is 13.2. The standard InChI is InChI=1S/C30H30ClN7O3/c31-26-10-4-5-11-28(26)40-21-27(30(32)36-37-33)38(18-16-22-7-6-17-34-19-22)20-29(39)35-23-12-14-25(15-13-23)41-24-8-2-1-3-9-24/h1-15,17,19,27H,16,18,20-21H2,(H,35,39)(H3,32,33,36). The molecule has 1 amide bonds. The maximum Gasteiger partial charge on any atom is 0.238 e. The van der Waals surface area contributed by atoms with Crippen LogP contribution in [-0.4, -0.2) is 47.4 Å². The van der Waals surface area contributed by atoms with Crippen molar-refractivity contribution in [3.8, 4) is 17.2 Å². The van der Waals surface area contributed by atoms with Crippen LogP contribution in [0.25, 0.3) is 0 Å². The van der Waals surface area contributed by atoms with Crippen molar-refractivity contribution in [1.82, 2.24) is 15.3 Å². The number of carbonyl (C=O) groups is 1. The number of pyridine rings is 1. The number of para-hydroxylation sites is 2. The SMILES string of the molecule is N=NNC(=N)C(COc1ccccc1Cl)N(CCc1cccnc1)CC(=O)Nc1ccc(Oc2ccccc2)cc1. The summed E-state index contributed by atoms with van der Waals surface area (Å²) in [6.45, 7) is 0.347. The number of hydrogen-bond acceptors (Lipinski definition) is 8. The van der Waals surface area contributed by atoms with E-state index in [9.17, 15) is 4.79 Å². The van der Waals surface area contributed by atoms with E-state index in [1.165, 1.54) is 0 Å². The summed E-state index contributed by atoms with van der Waals surface area (Å²) in [6.07, 6.45) is 4.02. The van der Waals surface area contributed by atoms with Gasteiger partial charge in [-0.2, -0.15) is 5.53 Å². The van der Waals surface area contributed by atoms with E-state index < -0.39 is 6.04 Å². The molecule has 0 fully saturated rings. The Hall–Kier alpha value is -4.80. The van der Waals surface area contributed by atoms with E-state index in [-0.39, 0.29) is 24.9 Å². The van der Waals surface area contributed by atoms with Crippen molar-refractivity contribution in [2.75, 3.05) is 25.0 Å². The van der Waals surface area contributed by atoms with Gasteiger partial charge < -0.3 is 14.8 Å². The van der Waals surface area contributed by atoms with Gasteiger partial charge >= 0.3 is 0 Å². The molecule has 210 valence electrons. The number of hydrogen-bond donors (Lipinski definition) is 4. The van der Waals surface area contributed by atoms with Gasteiger partial charge in [0.2, 0.25) is 5.91 Å². The molecular weight excluding hydrogens is 542 g/mol. The molecule has 0 radical (unpaired) electrons. The zero-order valence-electron chi connectivity index (χ0n) is 22.2. The van der Waals surface area contributed by atoms with Gasteiger partial charge in [0.15, 0.2) is 0 Å². The van der Waals surface area contributed by atoms with Crippen LogP contribution in [0.3, 0.4) is 0 Å².